The molecular formula is C29H36Cl2N4O2. The van der Waals surface area contributed by atoms with Crippen LogP contribution in [0, 0.1) is 0 Å². The zero-order chi connectivity index (χ0) is 26.5. The van der Waals surface area contributed by atoms with E-state index in [9.17, 15) is 9.59 Å². The van der Waals surface area contributed by atoms with E-state index in [0.717, 1.165) is 30.4 Å². The summed E-state index contributed by atoms with van der Waals surface area (Å²) in [6.07, 6.45) is 3.71. The number of amides is 2. The van der Waals surface area contributed by atoms with Gasteiger partial charge in [-0.2, -0.15) is 0 Å². The van der Waals surface area contributed by atoms with E-state index in [4.69, 9.17) is 28.9 Å². The molecule has 0 spiro atoms. The first-order valence-electron chi connectivity index (χ1n) is 12.9. The molecule has 37 heavy (non-hydrogen) atoms. The second-order valence-corrected chi connectivity index (χ2v) is 11.2. The third-order valence-electron chi connectivity index (χ3n) is 7.39. The van der Waals surface area contributed by atoms with Gasteiger partial charge >= 0.3 is 0 Å². The Bertz CT molecular complexity index is 1130. The Hall–Kier alpha value is -2.38. The third-order valence-corrected chi connectivity index (χ3v) is 8.13. The number of nitrogens with one attached hydrogen (secondary N) is 1. The summed E-state index contributed by atoms with van der Waals surface area (Å²) < 4.78 is 0. The number of halogens is 2. The fourth-order valence-electron chi connectivity index (χ4n) is 5.53. The Morgan fingerprint density at radius 1 is 1.16 bits per heavy atom. The van der Waals surface area contributed by atoms with E-state index in [0.29, 0.717) is 42.5 Å². The number of hydrogen-bond donors (Lipinski definition) is 2. The first-order valence-corrected chi connectivity index (χ1v) is 13.7. The minimum Gasteiger partial charge on any atom is -0.350 e. The molecule has 2 aliphatic heterocycles. The van der Waals surface area contributed by atoms with Gasteiger partial charge in [0.15, 0.2) is 0 Å². The summed E-state index contributed by atoms with van der Waals surface area (Å²) in [5, 5.41) is 3.91. The number of fused-ring (bicyclic) bond motifs is 1. The summed E-state index contributed by atoms with van der Waals surface area (Å²) in [6, 6.07) is 15.0. The maximum atomic E-state index is 13.9. The van der Waals surface area contributed by atoms with Gasteiger partial charge < -0.3 is 16.0 Å². The maximum absolute atomic E-state index is 13.9. The number of rotatable bonds is 9. The van der Waals surface area contributed by atoms with Gasteiger partial charge in [0.25, 0.3) is 0 Å². The molecule has 2 fully saturated rings. The lowest BCUT2D eigenvalue weighted by Gasteiger charge is -2.32. The summed E-state index contributed by atoms with van der Waals surface area (Å²) >= 11 is 12.2. The molecule has 4 rings (SSSR count). The first-order chi connectivity index (χ1) is 17.7. The van der Waals surface area contributed by atoms with Gasteiger partial charge in [-0.25, -0.2) is 0 Å². The lowest BCUT2D eigenvalue weighted by molar-refractivity contribution is -0.142. The van der Waals surface area contributed by atoms with Crippen LogP contribution >= 0.6 is 23.2 Å². The fraction of sp³-hybridized carbons (Fsp3) is 0.448. The van der Waals surface area contributed by atoms with Gasteiger partial charge in [-0.15, -0.1) is 6.58 Å². The van der Waals surface area contributed by atoms with Crippen LogP contribution in [0.15, 0.2) is 60.7 Å². The number of nitrogens with two attached hydrogens (primary N) is 1. The molecule has 1 unspecified atom stereocenters. The van der Waals surface area contributed by atoms with Crippen molar-refractivity contribution in [3.8, 4) is 0 Å². The van der Waals surface area contributed by atoms with Crippen molar-refractivity contribution in [1.29, 1.82) is 0 Å². The molecule has 0 aliphatic carbocycles. The van der Waals surface area contributed by atoms with Crippen molar-refractivity contribution in [2.24, 2.45) is 5.73 Å². The number of hydrogen-bond acceptors (Lipinski definition) is 4. The van der Waals surface area contributed by atoms with E-state index >= 15 is 0 Å². The van der Waals surface area contributed by atoms with Crippen LogP contribution in [0.2, 0.25) is 10.0 Å². The van der Waals surface area contributed by atoms with E-state index in [1.807, 2.05) is 19.1 Å². The summed E-state index contributed by atoms with van der Waals surface area (Å²) in [5.41, 5.74) is 9.33. The Balaban J connectivity index is 1.50. The standard InChI is InChI=1S/C29H36Cl2N4O2/c1-19(2)14-26(28(36)33-17-21-9-11-24(30)25(31)15-21)34-13-12-23(10-8-20-6-4-3-5-7-20)35-18-22(32)16-27(35)29(34)37/h3-7,9,11,15,22-23,26-27H,1,8,10,12-14,16-18,32H2,2H3,(H,33,36)/t22-,23?,26-,27+/m1/s1. The van der Waals surface area contributed by atoms with Crippen molar-refractivity contribution < 1.29 is 9.59 Å². The first kappa shape index (κ1) is 27.6. The summed E-state index contributed by atoms with van der Waals surface area (Å²) in [6.45, 7) is 7.46. The molecule has 8 heteroatoms. The highest BCUT2D eigenvalue weighted by Crippen LogP contribution is 2.30. The van der Waals surface area contributed by atoms with E-state index in [1.165, 1.54) is 5.56 Å². The van der Waals surface area contributed by atoms with Crippen molar-refractivity contribution >= 4 is 35.0 Å². The van der Waals surface area contributed by atoms with E-state index in [1.54, 1.807) is 17.0 Å². The molecule has 2 amide bonds. The fourth-order valence-corrected chi connectivity index (χ4v) is 5.85. The highest BCUT2D eigenvalue weighted by molar-refractivity contribution is 6.42. The van der Waals surface area contributed by atoms with Gasteiger partial charge in [0.2, 0.25) is 11.8 Å². The Kier molecular flexibility index (Phi) is 9.30. The predicted molar refractivity (Wildman–Crippen MR) is 149 cm³/mol. The van der Waals surface area contributed by atoms with Crippen LogP contribution in [0.25, 0.3) is 0 Å². The third kappa shape index (κ3) is 6.94. The van der Waals surface area contributed by atoms with Crippen LogP contribution in [0.1, 0.15) is 43.7 Å². The average Bonchev–Trinajstić information content (AvgIpc) is 3.22. The number of benzene rings is 2. The normalized spacial score (nSPS) is 22.9. The van der Waals surface area contributed by atoms with Crippen LogP contribution in [0.5, 0.6) is 0 Å². The lowest BCUT2D eigenvalue weighted by Crippen LogP contribution is -2.53. The summed E-state index contributed by atoms with van der Waals surface area (Å²) in [7, 11) is 0. The lowest BCUT2D eigenvalue weighted by atomic mass is 10.0. The molecule has 2 aromatic rings. The summed E-state index contributed by atoms with van der Waals surface area (Å²) in [4.78, 5) is 31.4. The minimum atomic E-state index is -0.626. The Labute approximate surface area is 229 Å². The quantitative estimate of drug-likeness (QED) is 0.454. The van der Waals surface area contributed by atoms with Crippen LogP contribution in [-0.2, 0) is 22.6 Å². The second kappa shape index (κ2) is 12.4. The van der Waals surface area contributed by atoms with Gasteiger partial charge in [-0.1, -0.05) is 65.2 Å². The average molecular weight is 544 g/mol. The molecule has 0 bridgehead atoms. The SMILES string of the molecule is C=C(C)C[C@H](C(=O)NCc1ccc(Cl)c(Cl)c1)N1CCC(CCc2ccccc2)N2C[C@H](N)C[C@H]2C1=O. The van der Waals surface area contributed by atoms with Crippen molar-refractivity contribution in [2.45, 2.75) is 69.7 Å². The molecule has 2 aliphatic rings. The minimum absolute atomic E-state index is 0.00824. The summed E-state index contributed by atoms with van der Waals surface area (Å²) in [5.74, 6) is -0.204. The van der Waals surface area contributed by atoms with Gasteiger partial charge in [0.1, 0.15) is 6.04 Å². The van der Waals surface area contributed by atoms with Crippen molar-refractivity contribution in [2.75, 3.05) is 13.1 Å². The van der Waals surface area contributed by atoms with E-state index < -0.39 is 6.04 Å². The van der Waals surface area contributed by atoms with Crippen LogP contribution in [0.4, 0.5) is 0 Å². The highest BCUT2D eigenvalue weighted by Gasteiger charge is 2.45. The van der Waals surface area contributed by atoms with Crippen molar-refractivity contribution in [3.05, 3.63) is 81.9 Å². The van der Waals surface area contributed by atoms with Crippen LogP contribution in [-0.4, -0.2) is 58.9 Å². The van der Waals surface area contributed by atoms with Crippen LogP contribution in [0.3, 0.4) is 0 Å². The monoisotopic (exact) mass is 542 g/mol. The van der Waals surface area contributed by atoms with Crippen LogP contribution < -0.4 is 11.1 Å². The smallest absolute Gasteiger partial charge is 0.243 e. The number of carbonyl (C=O) groups excluding carboxylic acids is 2. The van der Waals surface area contributed by atoms with Crippen molar-refractivity contribution in [3.63, 3.8) is 0 Å². The Morgan fingerprint density at radius 3 is 2.62 bits per heavy atom. The number of aryl methyl sites for hydroxylation is 1. The zero-order valence-electron chi connectivity index (χ0n) is 21.3. The van der Waals surface area contributed by atoms with Gasteiger partial charge in [0.05, 0.1) is 16.1 Å². The highest BCUT2D eigenvalue weighted by atomic mass is 35.5. The maximum Gasteiger partial charge on any atom is 0.243 e. The second-order valence-electron chi connectivity index (χ2n) is 10.4. The molecule has 198 valence electrons. The molecule has 2 saturated heterocycles. The predicted octanol–water partition coefficient (Wildman–Crippen LogP) is 4.58. The molecule has 0 radical (unpaired) electrons. The van der Waals surface area contributed by atoms with Gasteiger partial charge in [-0.05, 0) is 62.3 Å². The Morgan fingerprint density at radius 2 is 1.92 bits per heavy atom. The molecule has 2 heterocycles. The van der Waals surface area contributed by atoms with E-state index in [2.05, 4.69) is 41.1 Å². The van der Waals surface area contributed by atoms with Gasteiger partial charge in [-0.3, -0.25) is 14.5 Å². The molecule has 2 aromatic carbocycles. The number of carbonyl (C=O) groups is 2. The zero-order valence-corrected chi connectivity index (χ0v) is 22.8. The van der Waals surface area contributed by atoms with Crippen molar-refractivity contribution in [1.82, 2.24) is 15.1 Å². The molecule has 0 saturated carbocycles. The molecular weight excluding hydrogens is 507 g/mol. The van der Waals surface area contributed by atoms with E-state index in [-0.39, 0.29) is 29.9 Å². The molecule has 4 atom stereocenters. The topological polar surface area (TPSA) is 78.7 Å². The van der Waals surface area contributed by atoms with Gasteiger partial charge in [0, 0.05) is 31.7 Å². The number of nitrogens with zero attached hydrogens (tertiary/aromatic N) is 2. The molecule has 0 aromatic heterocycles. The largest absolute Gasteiger partial charge is 0.350 e. The molecule has 3 N–H and O–H groups in total. The molecule has 6 nitrogen and oxygen atoms in total.